The van der Waals surface area contributed by atoms with Crippen LogP contribution in [0.5, 0.6) is 0 Å². The van der Waals surface area contributed by atoms with E-state index in [-0.39, 0.29) is 29.8 Å². The van der Waals surface area contributed by atoms with Gasteiger partial charge in [-0.1, -0.05) is 11.3 Å². The molecule has 2 amide bonds. The van der Waals surface area contributed by atoms with E-state index in [9.17, 15) is 9.59 Å². The zero-order valence-corrected chi connectivity index (χ0v) is 17.0. The largest absolute Gasteiger partial charge is 0.336 e. The fraction of sp³-hybridized carbons (Fsp3) is 0.545. The van der Waals surface area contributed by atoms with Crippen LogP contribution in [0, 0.1) is 19.8 Å². The molecule has 29 heavy (non-hydrogen) atoms. The second-order valence-corrected chi connectivity index (χ2v) is 8.81. The van der Waals surface area contributed by atoms with Gasteiger partial charge in [-0.05, 0) is 62.8 Å². The lowest BCUT2D eigenvalue weighted by molar-refractivity contribution is -0.140. The van der Waals surface area contributed by atoms with Gasteiger partial charge in [-0.25, -0.2) is 4.68 Å². The maximum absolute atomic E-state index is 13.4. The molecule has 2 aromatic rings. The van der Waals surface area contributed by atoms with Gasteiger partial charge in [0.25, 0.3) is 0 Å². The molecule has 3 saturated heterocycles. The average Bonchev–Trinajstić information content (AvgIpc) is 3.42. The molecule has 2 bridgehead atoms. The minimum atomic E-state index is -0.241. The fourth-order valence-corrected chi connectivity index (χ4v) is 5.36. The lowest BCUT2D eigenvalue weighted by Gasteiger charge is -2.40. The summed E-state index contributed by atoms with van der Waals surface area (Å²) in [5.41, 5.74) is 3.28. The van der Waals surface area contributed by atoms with E-state index >= 15 is 0 Å². The first-order valence-corrected chi connectivity index (χ1v) is 10.6. The van der Waals surface area contributed by atoms with Crippen LogP contribution in [0.2, 0.25) is 0 Å². The summed E-state index contributed by atoms with van der Waals surface area (Å²) >= 11 is 0. The zero-order valence-electron chi connectivity index (χ0n) is 17.0. The summed E-state index contributed by atoms with van der Waals surface area (Å²) in [6, 6.07) is 6.90. The number of benzene rings is 1. The molecule has 0 N–H and O–H groups in total. The topological polar surface area (TPSA) is 71.3 Å². The minimum Gasteiger partial charge on any atom is -0.336 e. The molecule has 3 aliphatic heterocycles. The first-order valence-electron chi connectivity index (χ1n) is 10.6. The average molecular weight is 393 g/mol. The highest BCUT2D eigenvalue weighted by Crippen LogP contribution is 2.42. The number of rotatable bonds is 3. The van der Waals surface area contributed by atoms with Crippen LogP contribution in [0.4, 0.5) is 5.69 Å². The number of aryl methyl sites for hydroxylation is 2. The summed E-state index contributed by atoms with van der Waals surface area (Å²) < 4.78 is 1.94. The Balaban J connectivity index is 1.30. The second-order valence-electron chi connectivity index (χ2n) is 8.81. The van der Waals surface area contributed by atoms with Crippen molar-refractivity contribution < 1.29 is 9.59 Å². The molecule has 4 heterocycles. The molecule has 0 spiro atoms. The molecule has 5 rings (SSSR count). The fourth-order valence-electron chi connectivity index (χ4n) is 5.36. The van der Waals surface area contributed by atoms with Crippen molar-refractivity contribution in [2.75, 3.05) is 11.4 Å². The monoisotopic (exact) mass is 393 g/mol. The van der Waals surface area contributed by atoms with E-state index in [1.54, 1.807) is 11.1 Å². The van der Waals surface area contributed by atoms with Crippen molar-refractivity contribution in [3.8, 4) is 0 Å². The molecule has 1 aromatic heterocycles. The molecular weight excluding hydrogens is 366 g/mol. The van der Waals surface area contributed by atoms with E-state index in [4.69, 9.17) is 0 Å². The van der Waals surface area contributed by atoms with Gasteiger partial charge < -0.3 is 9.80 Å². The predicted octanol–water partition coefficient (Wildman–Crippen LogP) is 2.64. The van der Waals surface area contributed by atoms with E-state index in [0.29, 0.717) is 19.0 Å². The number of anilines is 1. The molecule has 1 aromatic carbocycles. The highest BCUT2D eigenvalue weighted by atomic mass is 16.2. The first-order chi connectivity index (χ1) is 14.0. The van der Waals surface area contributed by atoms with Crippen LogP contribution in [-0.4, -0.2) is 50.3 Å². The highest BCUT2D eigenvalue weighted by molar-refractivity contribution is 6.00. The predicted molar refractivity (Wildman–Crippen MR) is 108 cm³/mol. The van der Waals surface area contributed by atoms with Gasteiger partial charge in [-0.3, -0.25) is 9.59 Å². The Morgan fingerprint density at radius 2 is 1.83 bits per heavy atom. The molecule has 0 radical (unpaired) electrons. The maximum atomic E-state index is 13.4. The van der Waals surface area contributed by atoms with Crippen molar-refractivity contribution in [3.05, 3.63) is 41.7 Å². The zero-order chi connectivity index (χ0) is 20.1. The lowest BCUT2D eigenvalue weighted by atomic mass is 9.95. The van der Waals surface area contributed by atoms with Crippen molar-refractivity contribution in [1.82, 2.24) is 19.9 Å². The van der Waals surface area contributed by atoms with Crippen LogP contribution in [0.15, 0.2) is 30.6 Å². The molecule has 7 heteroatoms. The Hall–Kier alpha value is -2.70. The van der Waals surface area contributed by atoms with Crippen molar-refractivity contribution in [3.63, 3.8) is 0 Å². The summed E-state index contributed by atoms with van der Waals surface area (Å²) in [5.74, 6) is -0.0270. The molecule has 3 unspecified atom stereocenters. The number of amides is 2. The molecule has 0 aliphatic carbocycles. The van der Waals surface area contributed by atoms with Crippen LogP contribution < -0.4 is 4.90 Å². The van der Waals surface area contributed by atoms with E-state index in [2.05, 4.69) is 29.1 Å². The van der Waals surface area contributed by atoms with Gasteiger partial charge in [0.05, 0.1) is 18.2 Å². The van der Waals surface area contributed by atoms with Crippen LogP contribution in [0.1, 0.15) is 49.3 Å². The summed E-state index contributed by atoms with van der Waals surface area (Å²) in [6.45, 7) is 4.61. The number of hydrogen-bond acceptors (Lipinski definition) is 4. The number of aromatic nitrogens is 3. The number of nitrogens with zero attached hydrogens (tertiary/aromatic N) is 5. The van der Waals surface area contributed by atoms with Crippen LogP contribution in [0.3, 0.4) is 0 Å². The van der Waals surface area contributed by atoms with Crippen molar-refractivity contribution >= 4 is 17.5 Å². The minimum absolute atomic E-state index is 0.0523. The smallest absolute Gasteiger partial charge is 0.228 e. The van der Waals surface area contributed by atoms with Crippen LogP contribution in [0.25, 0.3) is 0 Å². The normalized spacial score (nSPS) is 29.0. The number of fused-ring (bicyclic) bond motifs is 2. The van der Waals surface area contributed by atoms with Gasteiger partial charge in [-0.15, -0.1) is 5.10 Å². The number of piperidine rings is 1. The molecule has 0 saturated carbocycles. The van der Waals surface area contributed by atoms with Crippen LogP contribution >= 0.6 is 0 Å². The summed E-state index contributed by atoms with van der Waals surface area (Å²) in [7, 11) is 0. The van der Waals surface area contributed by atoms with Crippen LogP contribution in [-0.2, 0) is 9.59 Å². The van der Waals surface area contributed by atoms with Gasteiger partial charge in [0.2, 0.25) is 11.8 Å². The molecule has 3 atom stereocenters. The SMILES string of the molecule is Cc1ccc(N2CC(C(=O)N3C4CCC3CC(n3ccnn3)C4)CC2=O)cc1C. The molecule has 7 nitrogen and oxygen atoms in total. The van der Waals surface area contributed by atoms with Crippen molar-refractivity contribution in [1.29, 1.82) is 0 Å². The van der Waals surface area contributed by atoms with Gasteiger partial charge in [0.1, 0.15) is 0 Å². The Labute approximate surface area is 170 Å². The first kappa shape index (κ1) is 18.3. The second kappa shape index (κ2) is 6.97. The van der Waals surface area contributed by atoms with Gasteiger partial charge in [-0.2, -0.15) is 0 Å². The highest BCUT2D eigenvalue weighted by Gasteiger charge is 2.47. The summed E-state index contributed by atoms with van der Waals surface area (Å²) in [5, 5.41) is 8.09. The van der Waals surface area contributed by atoms with E-state index < -0.39 is 0 Å². The summed E-state index contributed by atoms with van der Waals surface area (Å²) in [6.07, 6.45) is 7.88. The standard InChI is InChI=1S/C22H27N5O2/c1-14-3-4-17(9-15(14)2)25-13-16(10-21(25)28)22(29)27-18-5-6-19(27)12-20(11-18)26-8-7-23-24-26/h3-4,7-9,16,18-20H,5-6,10-13H2,1-2H3. The van der Waals surface area contributed by atoms with Crippen molar-refractivity contribution in [2.24, 2.45) is 5.92 Å². The third-order valence-electron chi connectivity index (χ3n) is 7.05. The lowest BCUT2D eigenvalue weighted by Crippen LogP contribution is -2.49. The number of hydrogen-bond donors (Lipinski definition) is 0. The van der Waals surface area contributed by atoms with Gasteiger partial charge in [0, 0.05) is 36.9 Å². The molecule has 152 valence electrons. The maximum Gasteiger partial charge on any atom is 0.228 e. The van der Waals surface area contributed by atoms with Crippen molar-refractivity contribution in [2.45, 2.75) is 64.1 Å². The van der Waals surface area contributed by atoms with E-state index in [1.807, 2.05) is 29.1 Å². The molecule has 3 fully saturated rings. The quantitative estimate of drug-likeness (QED) is 0.804. The Morgan fingerprint density at radius 1 is 1.07 bits per heavy atom. The number of carbonyl (C=O) groups is 2. The Kier molecular flexibility index (Phi) is 4.41. The van der Waals surface area contributed by atoms with Gasteiger partial charge >= 0.3 is 0 Å². The van der Waals surface area contributed by atoms with E-state index in [0.717, 1.165) is 31.4 Å². The Morgan fingerprint density at radius 3 is 2.48 bits per heavy atom. The summed E-state index contributed by atoms with van der Waals surface area (Å²) in [4.78, 5) is 30.0. The molecular formula is C22H27N5O2. The van der Waals surface area contributed by atoms with E-state index in [1.165, 1.54) is 11.1 Å². The molecule has 3 aliphatic rings. The third-order valence-corrected chi connectivity index (χ3v) is 7.05. The number of carbonyl (C=O) groups excluding carboxylic acids is 2. The Bertz CT molecular complexity index is 927. The van der Waals surface area contributed by atoms with Gasteiger partial charge in [0.15, 0.2) is 0 Å². The third kappa shape index (κ3) is 3.12.